The van der Waals surface area contributed by atoms with Crippen molar-refractivity contribution >= 4 is 35.3 Å². The Labute approximate surface area is 227 Å². The topological polar surface area (TPSA) is 129 Å². The van der Waals surface area contributed by atoms with E-state index in [2.05, 4.69) is 20.4 Å². The Morgan fingerprint density at radius 2 is 2.00 bits per heavy atom. The maximum atomic E-state index is 13.8. The number of amides is 3. The Hall–Kier alpha value is -4.19. The lowest BCUT2D eigenvalue weighted by molar-refractivity contribution is 0.0555. The molecule has 0 bridgehead atoms. The van der Waals surface area contributed by atoms with Gasteiger partial charge in [-0.25, -0.2) is 14.6 Å². The van der Waals surface area contributed by atoms with E-state index in [-0.39, 0.29) is 12.6 Å². The van der Waals surface area contributed by atoms with Crippen molar-refractivity contribution in [2.75, 3.05) is 35.3 Å². The minimum Gasteiger partial charge on any atom is -0.443 e. The van der Waals surface area contributed by atoms with E-state index in [1.165, 1.54) is 4.90 Å². The number of carbonyl (C=O) groups excluding carboxylic acids is 2. The zero-order valence-electron chi connectivity index (χ0n) is 22.9. The molecule has 0 spiro atoms. The van der Waals surface area contributed by atoms with Crippen LogP contribution < -0.4 is 15.1 Å². The zero-order chi connectivity index (χ0) is 27.9. The largest absolute Gasteiger partial charge is 0.443 e. The number of rotatable bonds is 5. The predicted octanol–water partition coefficient (Wildman–Crippen LogP) is 3.84. The van der Waals surface area contributed by atoms with E-state index in [1.54, 1.807) is 35.2 Å². The molecule has 3 amide bonds. The molecule has 0 radical (unpaired) electrons. The van der Waals surface area contributed by atoms with Gasteiger partial charge in [0.2, 0.25) is 5.95 Å². The first kappa shape index (κ1) is 26.4. The molecule has 2 N–H and O–H groups in total. The normalized spacial score (nSPS) is 19.0. The molecule has 0 saturated carbocycles. The molecule has 1 atom stereocenters. The summed E-state index contributed by atoms with van der Waals surface area (Å²) in [5.74, 6) is 0.868. The number of urea groups is 1. The fourth-order valence-electron chi connectivity index (χ4n) is 5.07. The number of anilines is 4. The fraction of sp³-hybridized carbons (Fsp3) is 0.444. The van der Waals surface area contributed by atoms with Gasteiger partial charge in [-0.2, -0.15) is 10.1 Å². The van der Waals surface area contributed by atoms with Crippen LogP contribution >= 0.6 is 0 Å². The molecule has 3 aromatic rings. The molecule has 206 valence electrons. The van der Waals surface area contributed by atoms with Crippen LogP contribution in [0, 0.1) is 0 Å². The third-order valence-electron chi connectivity index (χ3n) is 7.03. The van der Waals surface area contributed by atoms with Gasteiger partial charge >= 0.3 is 12.1 Å². The molecule has 2 aliphatic heterocycles. The number of para-hydroxylation sites is 1. The van der Waals surface area contributed by atoms with Gasteiger partial charge in [-0.15, -0.1) is 0 Å². The molecule has 0 saturated heterocycles. The van der Waals surface area contributed by atoms with Crippen LogP contribution in [-0.2, 0) is 23.4 Å². The fourth-order valence-corrected chi connectivity index (χ4v) is 5.07. The van der Waals surface area contributed by atoms with Crippen molar-refractivity contribution in [1.29, 1.82) is 0 Å². The highest BCUT2D eigenvalue weighted by Crippen LogP contribution is 2.45. The number of aliphatic hydroxyl groups excluding tert-OH is 1. The lowest BCUT2D eigenvalue weighted by atomic mass is 9.81. The first-order valence-electron chi connectivity index (χ1n) is 12.9. The lowest BCUT2D eigenvalue weighted by Gasteiger charge is -2.50. The molecule has 12 nitrogen and oxygen atoms in total. The highest BCUT2D eigenvalue weighted by Gasteiger charge is 2.47. The van der Waals surface area contributed by atoms with Gasteiger partial charge in [0.25, 0.3) is 0 Å². The van der Waals surface area contributed by atoms with Gasteiger partial charge in [0.05, 0.1) is 42.8 Å². The Bertz CT molecular complexity index is 1400. The average Bonchev–Trinajstić information content (AvgIpc) is 3.32. The summed E-state index contributed by atoms with van der Waals surface area (Å²) in [5, 5.41) is 16.4. The summed E-state index contributed by atoms with van der Waals surface area (Å²) in [6.45, 7) is 8.68. The minimum atomic E-state index is -0.670. The molecule has 2 aromatic heterocycles. The van der Waals surface area contributed by atoms with Crippen molar-refractivity contribution < 1.29 is 19.4 Å². The molecular formula is C27H34N8O4. The number of nitrogens with zero attached hydrogens (tertiary/aromatic N) is 7. The van der Waals surface area contributed by atoms with Crippen LogP contribution in [0.1, 0.15) is 45.2 Å². The van der Waals surface area contributed by atoms with Gasteiger partial charge in [-0.1, -0.05) is 18.2 Å². The van der Waals surface area contributed by atoms with Gasteiger partial charge in [0.15, 0.2) is 0 Å². The maximum Gasteiger partial charge on any atom is 0.414 e. The van der Waals surface area contributed by atoms with Crippen LogP contribution in [0.4, 0.5) is 32.7 Å². The van der Waals surface area contributed by atoms with Crippen LogP contribution in [0.2, 0.25) is 0 Å². The number of aliphatic hydroxyl groups is 1. The number of ether oxygens (including phenoxy) is 1. The number of benzene rings is 1. The summed E-state index contributed by atoms with van der Waals surface area (Å²) >= 11 is 0. The van der Waals surface area contributed by atoms with E-state index < -0.39 is 17.2 Å². The highest BCUT2D eigenvalue weighted by atomic mass is 16.6. The number of hydrogen-bond donors (Lipinski definition) is 2. The molecule has 0 fully saturated rings. The number of hydrogen-bond acceptors (Lipinski definition) is 8. The Balaban J connectivity index is 1.42. The van der Waals surface area contributed by atoms with Gasteiger partial charge in [-0.3, -0.25) is 14.5 Å². The van der Waals surface area contributed by atoms with Crippen LogP contribution in [0.15, 0.2) is 42.9 Å². The molecule has 0 aliphatic carbocycles. The van der Waals surface area contributed by atoms with E-state index in [0.29, 0.717) is 43.5 Å². The van der Waals surface area contributed by atoms with Crippen molar-refractivity contribution in [1.82, 2.24) is 24.6 Å². The number of fused-ring (bicyclic) bond motifs is 2. The second-order valence-corrected chi connectivity index (χ2v) is 11.0. The van der Waals surface area contributed by atoms with E-state index in [1.807, 2.05) is 56.9 Å². The number of aromatic nitrogens is 4. The average molecular weight is 535 g/mol. The van der Waals surface area contributed by atoms with Crippen molar-refractivity contribution in [3.8, 4) is 0 Å². The summed E-state index contributed by atoms with van der Waals surface area (Å²) < 4.78 is 7.27. The maximum absolute atomic E-state index is 13.8. The van der Waals surface area contributed by atoms with Crippen LogP contribution in [-0.4, -0.2) is 67.7 Å². The van der Waals surface area contributed by atoms with Gasteiger partial charge < -0.3 is 20.1 Å². The van der Waals surface area contributed by atoms with E-state index in [0.717, 1.165) is 16.8 Å². The first-order valence-corrected chi connectivity index (χ1v) is 12.9. The van der Waals surface area contributed by atoms with Crippen molar-refractivity contribution in [3.05, 3.63) is 54.0 Å². The summed E-state index contributed by atoms with van der Waals surface area (Å²) in [7, 11) is 1.70. The van der Waals surface area contributed by atoms with Crippen LogP contribution in [0.25, 0.3) is 0 Å². The van der Waals surface area contributed by atoms with Crippen molar-refractivity contribution in [3.63, 3.8) is 0 Å². The smallest absolute Gasteiger partial charge is 0.414 e. The number of carbonyl (C=O) groups is 2. The standard InChI is InChI=1S/C27H34N8O4/c1-26(2,3)39-25(38)34-11-10-27(4,20-8-6-7-9-21(20)34)35-16-18-14-28-23(31-22(18)32(5)24(35)37)30-19-15-29-33(17-19)12-13-36/h6-9,14-15,17,36H,10-13,16H2,1-5H3,(H,28,30,31). The van der Waals surface area contributed by atoms with E-state index in [4.69, 9.17) is 9.84 Å². The molecular weight excluding hydrogens is 500 g/mol. The van der Waals surface area contributed by atoms with Gasteiger partial charge in [-0.05, 0) is 40.2 Å². The molecule has 4 heterocycles. The monoisotopic (exact) mass is 534 g/mol. The summed E-state index contributed by atoms with van der Waals surface area (Å²) in [5.41, 5.74) is 1.82. The molecule has 1 unspecified atom stereocenters. The molecule has 12 heteroatoms. The lowest BCUT2D eigenvalue weighted by Crippen LogP contribution is -2.58. The quantitative estimate of drug-likeness (QED) is 0.505. The zero-order valence-corrected chi connectivity index (χ0v) is 22.9. The first-order chi connectivity index (χ1) is 18.5. The minimum absolute atomic E-state index is 0.0116. The molecule has 1 aromatic carbocycles. The highest BCUT2D eigenvalue weighted by molar-refractivity contribution is 5.95. The third-order valence-corrected chi connectivity index (χ3v) is 7.03. The second-order valence-electron chi connectivity index (χ2n) is 11.0. The van der Waals surface area contributed by atoms with Gasteiger partial charge in [0.1, 0.15) is 11.4 Å². The van der Waals surface area contributed by atoms with E-state index >= 15 is 0 Å². The van der Waals surface area contributed by atoms with Gasteiger partial charge in [0, 0.05) is 37.1 Å². The number of nitrogens with one attached hydrogen (secondary N) is 1. The summed E-state index contributed by atoms with van der Waals surface area (Å²) in [4.78, 5) is 40.9. The van der Waals surface area contributed by atoms with Crippen LogP contribution in [0.5, 0.6) is 0 Å². The SMILES string of the molecule is CN1C(=O)N(C2(C)CCN(C(=O)OC(C)(C)C)c3ccccc32)Cc2cnc(Nc3cnn(CCO)c3)nc21. The second kappa shape index (κ2) is 9.84. The summed E-state index contributed by atoms with van der Waals surface area (Å²) in [6.07, 6.45) is 5.23. The Morgan fingerprint density at radius 3 is 2.74 bits per heavy atom. The molecule has 5 rings (SSSR count). The Kier molecular flexibility index (Phi) is 6.67. The third kappa shape index (κ3) is 4.99. The van der Waals surface area contributed by atoms with Crippen molar-refractivity contribution in [2.24, 2.45) is 0 Å². The van der Waals surface area contributed by atoms with Crippen molar-refractivity contribution in [2.45, 2.75) is 58.3 Å². The van der Waals surface area contributed by atoms with E-state index in [9.17, 15) is 9.59 Å². The summed E-state index contributed by atoms with van der Waals surface area (Å²) in [6, 6.07) is 7.48. The Morgan fingerprint density at radius 1 is 1.23 bits per heavy atom. The molecule has 2 aliphatic rings. The predicted molar refractivity (Wildman–Crippen MR) is 146 cm³/mol. The van der Waals surface area contributed by atoms with Crippen LogP contribution in [0.3, 0.4) is 0 Å². The molecule has 39 heavy (non-hydrogen) atoms.